The third kappa shape index (κ3) is 39.0. The summed E-state index contributed by atoms with van der Waals surface area (Å²) in [4.78, 5) is 20.2. The van der Waals surface area contributed by atoms with E-state index in [0.29, 0.717) is 0 Å². The minimum absolute atomic E-state index is 0. The fraction of sp³-hybridized carbons (Fsp3) is 0.917. The first-order valence-electron chi connectivity index (χ1n) is 11.9. The first-order valence-corrected chi connectivity index (χ1v) is 11.9. The van der Waals surface area contributed by atoms with Crippen molar-refractivity contribution in [1.82, 2.24) is 0 Å². The molecule has 0 unspecified atom stereocenters. The summed E-state index contributed by atoms with van der Waals surface area (Å²) in [6, 6.07) is 0. The average Bonchev–Trinajstić information content (AvgIpc) is 2.65. The van der Waals surface area contributed by atoms with Crippen LogP contribution in [0.4, 0.5) is 0 Å². The minimum Gasteiger partial charge on any atom is -0.550 e. The summed E-state index contributed by atoms with van der Waals surface area (Å²) in [6.45, 7) is 4.44. The molecule has 0 aliphatic heterocycles. The molecular formula is C24H46O4Pb. The van der Waals surface area contributed by atoms with Gasteiger partial charge in [0.1, 0.15) is 0 Å². The van der Waals surface area contributed by atoms with E-state index in [9.17, 15) is 19.8 Å². The molecule has 0 bridgehead atoms. The molecular weight excluding hydrogens is 559 g/mol. The molecule has 0 heterocycles. The molecule has 29 heavy (non-hydrogen) atoms. The van der Waals surface area contributed by atoms with Crippen LogP contribution in [0.2, 0.25) is 0 Å². The van der Waals surface area contributed by atoms with E-state index in [1.807, 2.05) is 0 Å². The van der Waals surface area contributed by atoms with Crippen molar-refractivity contribution in [3.63, 3.8) is 0 Å². The van der Waals surface area contributed by atoms with Crippen LogP contribution < -0.4 is 10.2 Å². The number of carboxylic acids is 2. The van der Waals surface area contributed by atoms with Gasteiger partial charge in [-0.2, -0.15) is 0 Å². The van der Waals surface area contributed by atoms with Crippen LogP contribution in [0.3, 0.4) is 0 Å². The molecule has 0 aromatic heterocycles. The summed E-state index contributed by atoms with van der Waals surface area (Å²) >= 11 is 0. The number of aliphatic carboxylic acids is 2. The Labute approximate surface area is 200 Å². The van der Waals surface area contributed by atoms with Gasteiger partial charge in [-0.05, 0) is 25.7 Å². The largest absolute Gasteiger partial charge is 2.00 e. The summed E-state index contributed by atoms with van der Waals surface area (Å²) in [5.74, 6) is -1.82. The van der Waals surface area contributed by atoms with Crippen molar-refractivity contribution >= 4 is 39.2 Å². The van der Waals surface area contributed by atoms with Gasteiger partial charge < -0.3 is 19.8 Å². The minimum atomic E-state index is -0.909. The van der Waals surface area contributed by atoms with Gasteiger partial charge >= 0.3 is 27.3 Å². The molecule has 170 valence electrons. The second kappa shape index (κ2) is 30.1. The molecule has 0 amide bonds. The molecule has 0 saturated carbocycles. The maximum absolute atomic E-state index is 10.1. The van der Waals surface area contributed by atoms with Gasteiger partial charge in [-0.1, -0.05) is 117 Å². The normalized spacial score (nSPS) is 10.0. The van der Waals surface area contributed by atoms with Gasteiger partial charge in [-0.3, -0.25) is 0 Å². The predicted molar refractivity (Wildman–Crippen MR) is 119 cm³/mol. The second-order valence-corrected chi connectivity index (χ2v) is 7.90. The number of carbonyl (C=O) groups excluding carboxylic acids is 2. The molecule has 0 fully saturated rings. The van der Waals surface area contributed by atoms with Crippen LogP contribution in [-0.2, 0) is 9.59 Å². The Morgan fingerprint density at radius 3 is 0.862 bits per heavy atom. The van der Waals surface area contributed by atoms with E-state index in [2.05, 4.69) is 13.8 Å². The van der Waals surface area contributed by atoms with Crippen LogP contribution >= 0.6 is 0 Å². The molecule has 2 radical (unpaired) electrons. The molecule has 0 aromatic rings. The van der Waals surface area contributed by atoms with Crippen LogP contribution in [0.1, 0.15) is 142 Å². The Balaban J connectivity index is -0.000000451. The van der Waals surface area contributed by atoms with Crippen LogP contribution in [0.5, 0.6) is 0 Å². The van der Waals surface area contributed by atoms with E-state index < -0.39 is 11.9 Å². The van der Waals surface area contributed by atoms with Gasteiger partial charge in [0, 0.05) is 11.9 Å². The zero-order valence-electron chi connectivity index (χ0n) is 19.3. The van der Waals surface area contributed by atoms with Crippen LogP contribution in [0, 0.1) is 0 Å². The van der Waals surface area contributed by atoms with E-state index >= 15 is 0 Å². The molecule has 0 spiro atoms. The van der Waals surface area contributed by atoms with E-state index in [-0.39, 0.29) is 40.1 Å². The Bertz CT molecular complexity index is 303. The Hall–Kier alpha value is -0.138. The maximum Gasteiger partial charge on any atom is 2.00 e. The van der Waals surface area contributed by atoms with Crippen molar-refractivity contribution in [2.24, 2.45) is 0 Å². The summed E-state index contributed by atoms with van der Waals surface area (Å²) in [7, 11) is 0. The number of carboxylic acid groups (broad SMARTS) is 2. The first kappa shape index (κ1) is 33.5. The number of rotatable bonds is 20. The van der Waals surface area contributed by atoms with Gasteiger partial charge in [0.2, 0.25) is 0 Å². The molecule has 0 saturated heterocycles. The van der Waals surface area contributed by atoms with Crippen molar-refractivity contribution < 1.29 is 19.8 Å². The average molecular weight is 606 g/mol. The van der Waals surface area contributed by atoms with Crippen molar-refractivity contribution in [3.8, 4) is 0 Å². The van der Waals surface area contributed by atoms with Crippen LogP contribution in [-0.4, -0.2) is 39.2 Å². The SMILES string of the molecule is CCCCCCCCCCCC(=O)[O-].CCCCCCCCCCCC(=O)[O-].[Pb+2]. The Morgan fingerprint density at radius 2 is 0.655 bits per heavy atom. The van der Waals surface area contributed by atoms with Crippen molar-refractivity contribution in [1.29, 1.82) is 0 Å². The maximum atomic E-state index is 10.1. The fourth-order valence-corrected chi connectivity index (χ4v) is 3.16. The molecule has 4 nitrogen and oxygen atoms in total. The summed E-state index contributed by atoms with van der Waals surface area (Å²) < 4.78 is 0. The quantitative estimate of drug-likeness (QED) is 0.146. The van der Waals surface area contributed by atoms with E-state index in [4.69, 9.17) is 0 Å². The zero-order valence-corrected chi connectivity index (χ0v) is 23.2. The molecule has 0 aliphatic rings. The topological polar surface area (TPSA) is 80.3 Å². The van der Waals surface area contributed by atoms with Crippen molar-refractivity contribution in [2.75, 3.05) is 0 Å². The molecule has 0 aromatic carbocycles. The van der Waals surface area contributed by atoms with Gasteiger partial charge in [0.05, 0.1) is 0 Å². The summed E-state index contributed by atoms with van der Waals surface area (Å²) in [6.07, 6.45) is 22.3. The molecule has 0 rings (SSSR count). The molecule has 5 heteroatoms. The third-order valence-electron chi connectivity index (χ3n) is 4.97. The summed E-state index contributed by atoms with van der Waals surface area (Å²) in [5, 5.41) is 20.2. The molecule has 0 atom stereocenters. The molecule has 0 aliphatic carbocycles. The summed E-state index contributed by atoms with van der Waals surface area (Å²) in [5.41, 5.74) is 0. The van der Waals surface area contributed by atoms with Gasteiger partial charge in [-0.15, -0.1) is 0 Å². The van der Waals surface area contributed by atoms with E-state index in [0.717, 1.165) is 25.7 Å². The van der Waals surface area contributed by atoms with Crippen molar-refractivity contribution in [2.45, 2.75) is 142 Å². The molecule has 0 N–H and O–H groups in total. The third-order valence-corrected chi connectivity index (χ3v) is 4.97. The Morgan fingerprint density at radius 1 is 0.448 bits per heavy atom. The number of hydrogen-bond acceptors (Lipinski definition) is 4. The first-order chi connectivity index (χ1) is 13.5. The van der Waals surface area contributed by atoms with Crippen LogP contribution in [0.25, 0.3) is 0 Å². The second-order valence-electron chi connectivity index (χ2n) is 7.90. The number of carbonyl (C=O) groups is 2. The predicted octanol–water partition coefficient (Wildman–Crippen LogP) is 4.93. The number of hydrogen-bond donors (Lipinski definition) is 0. The Kier molecular flexibility index (Phi) is 34.7. The monoisotopic (exact) mass is 606 g/mol. The number of unbranched alkanes of at least 4 members (excludes halogenated alkanes) is 16. The van der Waals surface area contributed by atoms with Gasteiger partial charge in [0.15, 0.2) is 0 Å². The van der Waals surface area contributed by atoms with E-state index in [1.165, 1.54) is 89.9 Å². The van der Waals surface area contributed by atoms with Crippen molar-refractivity contribution in [3.05, 3.63) is 0 Å². The fourth-order valence-electron chi connectivity index (χ4n) is 3.16. The smallest absolute Gasteiger partial charge is 0.550 e. The van der Waals surface area contributed by atoms with E-state index in [1.54, 1.807) is 0 Å². The standard InChI is InChI=1S/2C12H24O2.Pb/c2*1-2-3-4-5-6-7-8-9-10-11-12(13)14;/h2*2-11H2,1H3,(H,13,14);/q;;+2/p-2. The van der Waals surface area contributed by atoms with Gasteiger partial charge in [0.25, 0.3) is 0 Å². The van der Waals surface area contributed by atoms with Gasteiger partial charge in [-0.25, -0.2) is 0 Å². The van der Waals surface area contributed by atoms with Crippen LogP contribution in [0.15, 0.2) is 0 Å². The zero-order chi connectivity index (χ0) is 21.3.